The van der Waals surface area contributed by atoms with E-state index in [0.29, 0.717) is 23.5 Å². The first-order valence-electron chi connectivity index (χ1n) is 10.6. The van der Waals surface area contributed by atoms with Gasteiger partial charge in [0.2, 0.25) is 0 Å². The molecule has 0 aliphatic carbocycles. The van der Waals surface area contributed by atoms with Crippen molar-refractivity contribution < 1.29 is 14.6 Å². The van der Waals surface area contributed by atoms with Crippen molar-refractivity contribution in [1.82, 2.24) is 14.4 Å². The number of ether oxygens (including phenoxy) is 1. The van der Waals surface area contributed by atoms with Crippen LogP contribution < -0.4 is 10.3 Å². The Hall–Kier alpha value is -2.64. The predicted octanol–water partition coefficient (Wildman–Crippen LogP) is 1.83. The summed E-state index contributed by atoms with van der Waals surface area (Å²) in [6.07, 6.45) is 4.54. The van der Waals surface area contributed by atoms with Gasteiger partial charge in [0.05, 0.1) is 24.9 Å². The first-order chi connectivity index (χ1) is 14.5. The molecule has 7 heteroatoms. The molecule has 1 aromatic heterocycles. The van der Waals surface area contributed by atoms with E-state index in [9.17, 15) is 14.7 Å². The molecule has 0 unspecified atom stereocenters. The van der Waals surface area contributed by atoms with E-state index in [-0.39, 0.29) is 29.6 Å². The Morgan fingerprint density at radius 3 is 2.57 bits per heavy atom. The quantitative estimate of drug-likeness (QED) is 0.831. The van der Waals surface area contributed by atoms with Gasteiger partial charge < -0.3 is 14.7 Å². The fraction of sp³-hybridized carbons (Fsp3) is 0.478. The number of rotatable bonds is 4. The maximum atomic E-state index is 13.4. The second-order valence-electron chi connectivity index (χ2n) is 8.16. The SMILES string of the molecule is COc1ccccc1-n1ccc(C)c(C(=O)N2C[C@H](O)[C@@H](N3CCCCC3)C2)c1=O. The van der Waals surface area contributed by atoms with Crippen molar-refractivity contribution in [3.8, 4) is 11.4 Å². The summed E-state index contributed by atoms with van der Waals surface area (Å²) in [5.74, 6) is 0.240. The van der Waals surface area contributed by atoms with Gasteiger partial charge in [-0.05, 0) is 56.6 Å². The fourth-order valence-corrected chi connectivity index (χ4v) is 4.61. The highest BCUT2D eigenvalue weighted by Crippen LogP contribution is 2.24. The number of methoxy groups -OCH3 is 1. The zero-order valence-electron chi connectivity index (χ0n) is 17.6. The minimum atomic E-state index is -0.590. The molecule has 1 N–H and O–H groups in total. The van der Waals surface area contributed by atoms with Crippen LogP contribution in [-0.2, 0) is 0 Å². The Morgan fingerprint density at radius 1 is 1.10 bits per heavy atom. The largest absolute Gasteiger partial charge is 0.495 e. The summed E-state index contributed by atoms with van der Waals surface area (Å²) in [5, 5.41) is 10.6. The number of aryl methyl sites for hydroxylation is 1. The summed E-state index contributed by atoms with van der Waals surface area (Å²) in [6, 6.07) is 8.94. The van der Waals surface area contributed by atoms with Crippen LogP contribution in [0, 0.1) is 6.92 Å². The van der Waals surface area contributed by atoms with Gasteiger partial charge in [0.15, 0.2) is 0 Å². The zero-order valence-corrected chi connectivity index (χ0v) is 17.6. The molecule has 4 rings (SSSR count). The van der Waals surface area contributed by atoms with Gasteiger partial charge in [-0.2, -0.15) is 0 Å². The number of carbonyl (C=O) groups is 1. The average Bonchev–Trinajstić information content (AvgIpc) is 3.16. The Balaban J connectivity index is 1.64. The summed E-state index contributed by atoms with van der Waals surface area (Å²) in [7, 11) is 1.55. The molecule has 2 atom stereocenters. The van der Waals surface area contributed by atoms with Crippen LogP contribution in [0.4, 0.5) is 0 Å². The van der Waals surface area contributed by atoms with Crippen LogP contribution in [0.3, 0.4) is 0 Å². The number of benzene rings is 1. The summed E-state index contributed by atoms with van der Waals surface area (Å²) in [6.45, 7) is 4.38. The van der Waals surface area contributed by atoms with Gasteiger partial charge in [-0.15, -0.1) is 0 Å². The summed E-state index contributed by atoms with van der Waals surface area (Å²) in [5.41, 5.74) is 0.995. The summed E-state index contributed by atoms with van der Waals surface area (Å²) < 4.78 is 6.84. The lowest BCUT2D eigenvalue weighted by Crippen LogP contribution is -2.46. The number of aliphatic hydroxyl groups excluding tert-OH is 1. The van der Waals surface area contributed by atoms with Crippen molar-refractivity contribution in [1.29, 1.82) is 0 Å². The number of carbonyl (C=O) groups excluding carboxylic acids is 1. The lowest BCUT2D eigenvalue weighted by Gasteiger charge is -2.33. The molecule has 30 heavy (non-hydrogen) atoms. The normalized spacial score (nSPS) is 22.3. The maximum Gasteiger partial charge on any atom is 0.268 e. The maximum absolute atomic E-state index is 13.4. The zero-order chi connectivity index (χ0) is 21.3. The minimum Gasteiger partial charge on any atom is -0.495 e. The number of likely N-dealkylation sites (tertiary alicyclic amines) is 2. The Kier molecular flexibility index (Phi) is 5.92. The molecule has 2 aliphatic rings. The molecule has 0 radical (unpaired) electrons. The molecular formula is C23H29N3O4. The summed E-state index contributed by atoms with van der Waals surface area (Å²) >= 11 is 0. The third kappa shape index (κ3) is 3.75. The number of para-hydroxylation sites is 2. The van der Waals surface area contributed by atoms with Crippen LogP contribution in [0.5, 0.6) is 5.75 Å². The Labute approximate surface area is 176 Å². The van der Waals surface area contributed by atoms with Crippen molar-refractivity contribution in [3.05, 3.63) is 58.0 Å². The highest BCUT2D eigenvalue weighted by molar-refractivity contribution is 5.95. The molecule has 1 aromatic carbocycles. The number of hydrogen-bond acceptors (Lipinski definition) is 5. The number of β-amino-alcohol motifs (C(OH)–C–C–N with tert-alkyl or cyclic N) is 1. The number of hydrogen-bond donors (Lipinski definition) is 1. The topological polar surface area (TPSA) is 75.0 Å². The van der Waals surface area contributed by atoms with Gasteiger partial charge in [0.25, 0.3) is 11.5 Å². The second kappa shape index (κ2) is 8.62. The van der Waals surface area contributed by atoms with Crippen molar-refractivity contribution in [2.45, 2.75) is 38.3 Å². The number of nitrogens with zero attached hydrogens (tertiary/aromatic N) is 3. The van der Waals surface area contributed by atoms with Gasteiger partial charge in [0.1, 0.15) is 11.3 Å². The molecule has 0 saturated carbocycles. The van der Waals surface area contributed by atoms with Crippen molar-refractivity contribution in [2.75, 3.05) is 33.3 Å². The molecule has 2 saturated heterocycles. The number of amides is 1. The highest BCUT2D eigenvalue weighted by atomic mass is 16.5. The van der Waals surface area contributed by atoms with Crippen LogP contribution >= 0.6 is 0 Å². The second-order valence-corrected chi connectivity index (χ2v) is 8.16. The van der Waals surface area contributed by atoms with E-state index in [1.54, 1.807) is 43.3 Å². The molecule has 0 spiro atoms. The van der Waals surface area contributed by atoms with Crippen LogP contribution in [0.1, 0.15) is 35.2 Å². The lowest BCUT2D eigenvalue weighted by atomic mass is 10.1. The average molecular weight is 412 g/mol. The molecule has 7 nitrogen and oxygen atoms in total. The first kappa shape index (κ1) is 20.6. The lowest BCUT2D eigenvalue weighted by molar-refractivity contribution is 0.0702. The number of pyridine rings is 1. The number of piperidine rings is 1. The van der Waals surface area contributed by atoms with E-state index in [0.717, 1.165) is 25.9 Å². The van der Waals surface area contributed by atoms with Gasteiger partial charge in [-0.25, -0.2) is 0 Å². The van der Waals surface area contributed by atoms with E-state index < -0.39 is 6.10 Å². The smallest absolute Gasteiger partial charge is 0.268 e. The third-order valence-electron chi connectivity index (χ3n) is 6.27. The van der Waals surface area contributed by atoms with Crippen LogP contribution in [-0.4, -0.2) is 70.8 Å². The van der Waals surface area contributed by atoms with E-state index in [1.165, 1.54) is 11.0 Å². The van der Waals surface area contributed by atoms with Crippen molar-refractivity contribution in [2.24, 2.45) is 0 Å². The number of aliphatic hydroxyl groups is 1. The van der Waals surface area contributed by atoms with E-state index >= 15 is 0 Å². The summed E-state index contributed by atoms with van der Waals surface area (Å²) in [4.78, 5) is 30.6. The minimum absolute atomic E-state index is 0.0605. The molecule has 2 fully saturated rings. The molecule has 3 heterocycles. The van der Waals surface area contributed by atoms with E-state index in [4.69, 9.17) is 4.74 Å². The number of aromatic nitrogens is 1. The van der Waals surface area contributed by atoms with E-state index in [2.05, 4.69) is 4.90 Å². The van der Waals surface area contributed by atoms with Crippen molar-refractivity contribution in [3.63, 3.8) is 0 Å². The van der Waals surface area contributed by atoms with E-state index in [1.807, 2.05) is 12.1 Å². The van der Waals surface area contributed by atoms with Gasteiger partial charge >= 0.3 is 0 Å². The molecule has 1 amide bonds. The predicted molar refractivity (Wildman–Crippen MR) is 114 cm³/mol. The Morgan fingerprint density at radius 2 is 1.83 bits per heavy atom. The van der Waals surface area contributed by atoms with Crippen LogP contribution in [0.25, 0.3) is 5.69 Å². The highest BCUT2D eigenvalue weighted by Gasteiger charge is 2.39. The molecule has 0 bridgehead atoms. The molecular weight excluding hydrogens is 382 g/mol. The first-order valence-corrected chi connectivity index (χ1v) is 10.6. The van der Waals surface area contributed by atoms with Crippen molar-refractivity contribution >= 4 is 5.91 Å². The molecule has 2 aliphatic heterocycles. The van der Waals surface area contributed by atoms with Gasteiger partial charge in [0, 0.05) is 19.3 Å². The standard InChI is InChI=1S/C23H29N3O4/c1-16-10-13-26(17-8-4-5-9-20(17)30-2)23(29)21(16)22(28)25-14-18(19(27)15-25)24-11-6-3-7-12-24/h4-5,8-10,13,18-19,27H,3,6-7,11-12,14-15H2,1-2H3/t18-,19-/m0/s1. The van der Waals surface area contributed by atoms with Crippen LogP contribution in [0.2, 0.25) is 0 Å². The molecule has 2 aromatic rings. The van der Waals surface area contributed by atoms with Gasteiger partial charge in [-0.3, -0.25) is 19.1 Å². The molecule has 160 valence electrons. The monoisotopic (exact) mass is 411 g/mol. The fourth-order valence-electron chi connectivity index (χ4n) is 4.61. The Bertz CT molecular complexity index is 981. The van der Waals surface area contributed by atoms with Crippen LogP contribution in [0.15, 0.2) is 41.3 Å². The van der Waals surface area contributed by atoms with Gasteiger partial charge in [-0.1, -0.05) is 18.6 Å². The third-order valence-corrected chi connectivity index (χ3v) is 6.27.